The van der Waals surface area contributed by atoms with E-state index in [1.54, 1.807) is 11.8 Å². The van der Waals surface area contributed by atoms with Crippen LogP contribution >= 0.6 is 11.8 Å². The summed E-state index contributed by atoms with van der Waals surface area (Å²) in [6, 6.07) is 8.36. The second-order valence-corrected chi connectivity index (χ2v) is 24.2. The van der Waals surface area contributed by atoms with Crippen LogP contribution in [0, 0.1) is 0 Å². The molecule has 0 saturated carbocycles. The van der Waals surface area contributed by atoms with Gasteiger partial charge in [0.1, 0.15) is 0 Å². The third-order valence-electron chi connectivity index (χ3n) is 6.63. The summed E-state index contributed by atoms with van der Waals surface area (Å²) in [5.41, 5.74) is 2.20. The molecular formula is C31H52GeN2OS. The van der Waals surface area contributed by atoms with Crippen molar-refractivity contribution in [1.82, 2.24) is 9.97 Å². The van der Waals surface area contributed by atoms with E-state index in [9.17, 15) is 0 Å². The summed E-state index contributed by atoms with van der Waals surface area (Å²) in [5, 5.41) is 2.41. The summed E-state index contributed by atoms with van der Waals surface area (Å²) in [5.74, 6) is 9.62. The van der Waals surface area contributed by atoms with E-state index in [0.717, 1.165) is 40.8 Å². The summed E-state index contributed by atoms with van der Waals surface area (Å²) in [6.45, 7) is 3.09. The van der Waals surface area contributed by atoms with Crippen molar-refractivity contribution < 1.29 is 4.74 Å². The van der Waals surface area contributed by atoms with Gasteiger partial charge >= 0.3 is 116 Å². The fourth-order valence-electron chi connectivity index (χ4n) is 4.34. The molecular weight excluding hydrogens is 521 g/mol. The van der Waals surface area contributed by atoms with Crippen molar-refractivity contribution in [3.05, 3.63) is 36.7 Å². The second kappa shape index (κ2) is 19.1. The van der Waals surface area contributed by atoms with Crippen molar-refractivity contribution in [2.45, 2.75) is 124 Å². The molecule has 0 atom stereocenters. The summed E-state index contributed by atoms with van der Waals surface area (Å²) in [7, 11) is 0. The Balaban J connectivity index is 1.55. The Labute approximate surface area is 229 Å². The van der Waals surface area contributed by atoms with E-state index >= 15 is 0 Å². The number of ether oxygens (including phenoxy) is 1. The Morgan fingerprint density at radius 2 is 1.22 bits per heavy atom. The number of benzene rings is 1. The van der Waals surface area contributed by atoms with Gasteiger partial charge in [-0.15, -0.1) is 0 Å². The van der Waals surface area contributed by atoms with Crippen LogP contribution in [0.5, 0.6) is 5.75 Å². The van der Waals surface area contributed by atoms with Crippen molar-refractivity contribution in [3.63, 3.8) is 0 Å². The molecule has 0 spiro atoms. The van der Waals surface area contributed by atoms with E-state index in [0.29, 0.717) is 0 Å². The van der Waals surface area contributed by atoms with Gasteiger partial charge < -0.3 is 0 Å². The van der Waals surface area contributed by atoms with Crippen LogP contribution in [0.1, 0.15) is 96.8 Å². The first-order chi connectivity index (χ1) is 17.5. The number of hydrogen-bond donors (Lipinski definition) is 0. The fourth-order valence-corrected chi connectivity index (χ4v) is 7.87. The number of rotatable bonds is 21. The Morgan fingerprint density at radius 1 is 0.667 bits per heavy atom. The van der Waals surface area contributed by atoms with Crippen LogP contribution in [0.4, 0.5) is 0 Å². The first-order valence-corrected chi connectivity index (χ1v) is 23.4. The molecule has 0 N–H and O–H groups in total. The van der Waals surface area contributed by atoms with Gasteiger partial charge in [-0.05, 0) is 12.0 Å². The maximum atomic E-state index is 5.96. The van der Waals surface area contributed by atoms with Crippen LogP contribution in [0.25, 0.3) is 11.1 Å². The molecule has 36 heavy (non-hydrogen) atoms. The number of thioether (sulfide) groups is 1. The molecule has 1 aromatic carbocycles. The minimum atomic E-state index is -1.31. The molecule has 2 aromatic rings. The number of unbranched alkanes of at least 4 members (excludes halogenated alkanes) is 12. The van der Waals surface area contributed by atoms with Crippen molar-refractivity contribution in [3.8, 4) is 16.9 Å². The molecule has 0 aliphatic heterocycles. The second-order valence-electron chi connectivity index (χ2n) is 11.4. The molecule has 0 fully saturated rings. The summed E-state index contributed by atoms with van der Waals surface area (Å²) in [4.78, 5) is 9.15. The molecule has 0 aliphatic rings. The molecule has 1 heterocycles. The summed E-state index contributed by atoms with van der Waals surface area (Å²) >= 11 is 0.469. The monoisotopic (exact) mass is 574 g/mol. The van der Waals surface area contributed by atoms with Crippen molar-refractivity contribution in [2.24, 2.45) is 0 Å². The van der Waals surface area contributed by atoms with Gasteiger partial charge in [0.25, 0.3) is 0 Å². The molecule has 0 radical (unpaired) electrons. The van der Waals surface area contributed by atoms with Crippen molar-refractivity contribution in [2.75, 3.05) is 12.4 Å². The zero-order chi connectivity index (χ0) is 25.9. The molecule has 5 heteroatoms. The average Bonchev–Trinajstić information content (AvgIpc) is 2.87. The van der Waals surface area contributed by atoms with Gasteiger partial charge in [0.15, 0.2) is 5.16 Å². The van der Waals surface area contributed by atoms with Gasteiger partial charge in [-0.2, -0.15) is 0 Å². The molecule has 0 saturated heterocycles. The normalized spacial score (nSPS) is 11.7. The van der Waals surface area contributed by atoms with Gasteiger partial charge in [-0.25, -0.2) is 9.97 Å². The molecule has 202 valence electrons. The Bertz CT molecular complexity index is 790. The Kier molecular flexibility index (Phi) is 16.6. The minimum Gasteiger partial charge on any atom is -0.230 e. The van der Waals surface area contributed by atoms with Gasteiger partial charge in [-0.3, -0.25) is 0 Å². The van der Waals surface area contributed by atoms with Crippen LogP contribution in [0.3, 0.4) is 0 Å². The Morgan fingerprint density at radius 3 is 1.83 bits per heavy atom. The van der Waals surface area contributed by atoms with Crippen molar-refractivity contribution in [1.29, 1.82) is 0 Å². The molecule has 3 nitrogen and oxygen atoms in total. The molecule has 0 unspecified atom stereocenters. The Hall–Kier alpha value is -1.01. The van der Waals surface area contributed by atoms with E-state index in [1.165, 1.54) is 88.7 Å². The topological polar surface area (TPSA) is 35.0 Å². The fraction of sp³-hybridized carbons (Fsp3) is 0.677. The summed E-state index contributed by atoms with van der Waals surface area (Å²) in [6.07, 6.45) is 22.7. The van der Waals surface area contributed by atoms with Gasteiger partial charge in [-0.1, -0.05) is 63.6 Å². The predicted molar refractivity (Wildman–Crippen MR) is 162 cm³/mol. The zero-order valence-electron chi connectivity index (χ0n) is 23.7. The average molecular weight is 573 g/mol. The molecule has 1 aromatic heterocycles. The van der Waals surface area contributed by atoms with E-state index in [4.69, 9.17) is 4.74 Å². The molecule has 0 bridgehead atoms. The maximum absolute atomic E-state index is 5.96. The first-order valence-electron chi connectivity index (χ1n) is 14.7. The standard InChI is InChI=1S/C31H52GeN2OS/c1-5-6-7-8-9-12-15-18-25-36-31-33-26-29(27-34-31)28-19-21-30(22-20-28)35-24-17-14-11-10-13-16-23-32(2,3)4/h19-22,26-27H,5-18,23-25H2,1-4H3. The van der Waals surface area contributed by atoms with Crippen LogP contribution in [-0.4, -0.2) is 35.6 Å². The third kappa shape index (κ3) is 15.3. The van der Waals surface area contributed by atoms with E-state index in [-0.39, 0.29) is 0 Å². The molecule has 2 rings (SSSR count). The van der Waals surface area contributed by atoms with Gasteiger partial charge in [0.05, 0.1) is 0 Å². The number of nitrogens with zero attached hydrogens (tertiary/aromatic N) is 2. The predicted octanol–water partition coefficient (Wildman–Crippen LogP) is 10.4. The van der Waals surface area contributed by atoms with Gasteiger partial charge in [0.2, 0.25) is 0 Å². The number of hydrogen-bond acceptors (Lipinski definition) is 4. The molecule has 0 aliphatic carbocycles. The number of aromatic nitrogens is 2. The van der Waals surface area contributed by atoms with Gasteiger partial charge in [0, 0.05) is 23.7 Å². The van der Waals surface area contributed by atoms with Crippen LogP contribution in [-0.2, 0) is 0 Å². The van der Waals surface area contributed by atoms with Crippen LogP contribution < -0.4 is 4.74 Å². The third-order valence-corrected chi connectivity index (χ3v) is 11.5. The van der Waals surface area contributed by atoms with E-state index in [1.807, 2.05) is 12.4 Å². The van der Waals surface area contributed by atoms with Crippen LogP contribution in [0.15, 0.2) is 41.8 Å². The quantitative estimate of drug-likeness (QED) is 0.0644. The SMILES string of the molecule is CCCCCCCCCCSc1ncc(-c2ccc(OCCCCCCC[CH2][Ge]([CH3])([CH3])[CH3])cc2)cn1. The van der Waals surface area contributed by atoms with E-state index in [2.05, 4.69) is 58.4 Å². The smallest absolute Gasteiger partial charge is 0.230 e. The first kappa shape index (κ1) is 31.2. The molecule has 0 amide bonds. The van der Waals surface area contributed by atoms with Crippen molar-refractivity contribution >= 4 is 25.0 Å². The minimum absolute atomic E-state index is 0.810. The summed E-state index contributed by atoms with van der Waals surface area (Å²) < 4.78 is 5.96. The van der Waals surface area contributed by atoms with E-state index < -0.39 is 13.3 Å². The van der Waals surface area contributed by atoms with Crippen LogP contribution in [0.2, 0.25) is 22.5 Å². The zero-order valence-corrected chi connectivity index (χ0v) is 26.6.